The molecule has 0 aliphatic heterocycles. The van der Waals surface area contributed by atoms with Gasteiger partial charge in [0.2, 0.25) is 10.0 Å². The predicted molar refractivity (Wildman–Crippen MR) is 106 cm³/mol. The summed E-state index contributed by atoms with van der Waals surface area (Å²) < 4.78 is 27.6. The third-order valence-electron chi connectivity index (χ3n) is 3.73. The Balaban J connectivity index is 1.89. The number of sulfonamides is 1. The summed E-state index contributed by atoms with van der Waals surface area (Å²) in [7, 11) is -3.69. The van der Waals surface area contributed by atoms with Gasteiger partial charge in [-0.3, -0.25) is 9.78 Å². The van der Waals surface area contributed by atoms with Crippen LogP contribution in [0.1, 0.15) is 31.1 Å². The predicted octanol–water partition coefficient (Wildman–Crippen LogP) is 3.56. The summed E-state index contributed by atoms with van der Waals surface area (Å²) in [5.41, 5.74) is 0.990. The minimum atomic E-state index is -3.69. The van der Waals surface area contributed by atoms with E-state index in [1.807, 2.05) is 12.1 Å². The van der Waals surface area contributed by atoms with Gasteiger partial charge in [-0.25, -0.2) is 13.1 Å². The van der Waals surface area contributed by atoms with Gasteiger partial charge in [0.15, 0.2) is 0 Å². The van der Waals surface area contributed by atoms with Crippen LogP contribution in [-0.4, -0.2) is 24.8 Å². The Bertz CT molecular complexity index is 1100. The van der Waals surface area contributed by atoms with Crippen molar-refractivity contribution in [3.8, 4) is 0 Å². The van der Waals surface area contributed by atoms with E-state index in [1.165, 1.54) is 12.1 Å². The van der Waals surface area contributed by atoms with Gasteiger partial charge in [-0.15, -0.1) is 0 Å². The standard InChI is InChI=1S/C20H21N3O3S/c1-20(2,3)23-27(25,26)15-8-4-7-14(13-15)22-19(24)17-9-5-11-18-16(17)10-6-12-21-18/h4-13,23H,1-3H3,(H,22,24). The van der Waals surface area contributed by atoms with Crippen molar-refractivity contribution in [2.75, 3.05) is 5.32 Å². The maximum atomic E-state index is 12.7. The van der Waals surface area contributed by atoms with E-state index in [4.69, 9.17) is 0 Å². The van der Waals surface area contributed by atoms with Gasteiger partial charge >= 0.3 is 0 Å². The summed E-state index contributed by atoms with van der Waals surface area (Å²) in [4.78, 5) is 17.1. The molecular weight excluding hydrogens is 362 g/mol. The van der Waals surface area contributed by atoms with Crippen molar-refractivity contribution in [3.05, 3.63) is 66.4 Å². The molecule has 0 radical (unpaired) electrons. The third-order valence-corrected chi connectivity index (χ3v) is 5.49. The van der Waals surface area contributed by atoms with Crippen LogP contribution in [0.3, 0.4) is 0 Å². The lowest BCUT2D eigenvalue weighted by Crippen LogP contribution is -2.40. The minimum absolute atomic E-state index is 0.0924. The zero-order valence-corrected chi connectivity index (χ0v) is 16.2. The van der Waals surface area contributed by atoms with E-state index in [0.29, 0.717) is 11.3 Å². The molecule has 27 heavy (non-hydrogen) atoms. The molecule has 2 aromatic carbocycles. The van der Waals surface area contributed by atoms with Crippen molar-refractivity contribution >= 4 is 32.5 Å². The second-order valence-electron chi connectivity index (χ2n) is 7.21. The Labute approximate surface area is 158 Å². The average molecular weight is 383 g/mol. The molecule has 0 aliphatic rings. The van der Waals surface area contributed by atoms with E-state index < -0.39 is 15.6 Å². The quantitative estimate of drug-likeness (QED) is 0.721. The largest absolute Gasteiger partial charge is 0.322 e. The summed E-state index contributed by atoms with van der Waals surface area (Å²) in [6, 6.07) is 15.1. The van der Waals surface area contributed by atoms with Crippen LogP contribution in [0.5, 0.6) is 0 Å². The molecule has 0 saturated carbocycles. The number of pyridine rings is 1. The molecular formula is C20H21N3O3S. The van der Waals surface area contributed by atoms with Crippen molar-refractivity contribution < 1.29 is 13.2 Å². The second-order valence-corrected chi connectivity index (χ2v) is 8.90. The van der Waals surface area contributed by atoms with Gasteiger partial charge in [0.1, 0.15) is 0 Å². The van der Waals surface area contributed by atoms with Crippen LogP contribution < -0.4 is 10.0 Å². The van der Waals surface area contributed by atoms with Crippen molar-refractivity contribution in [1.29, 1.82) is 0 Å². The van der Waals surface area contributed by atoms with Crippen LogP contribution >= 0.6 is 0 Å². The van der Waals surface area contributed by atoms with E-state index in [-0.39, 0.29) is 10.8 Å². The third kappa shape index (κ3) is 4.50. The highest BCUT2D eigenvalue weighted by Crippen LogP contribution is 2.21. The molecule has 0 unspecified atom stereocenters. The lowest BCUT2D eigenvalue weighted by atomic mass is 10.1. The maximum Gasteiger partial charge on any atom is 0.256 e. The van der Waals surface area contributed by atoms with Crippen molar-refractivity contribution in [2.24, 2.45) is 0 Å². The molecule has 0 saturated heterocycles. The number of hydrogen-bond donors (Lipinski definition) is 2. The number of nitrogens with zero attached hydrogens (tertiary/aromatic N) is 1. The average Bonchev–Trinajstić information content (AvgIpc) is 2.59. The second kappa shape index (κ2) is 7.09. The van der Waals surface area contributed by atoms with Crippen molar-refractivity contribution in [1.82, 2.24) is 9.71 Å². The number of benzene rings is 2. The Hall–Kier alpha value is -2.77. The van der Waals surface area contributed by atoms with Crippen molar-refractivity contribution in [2.45, 2.75) is 31.2 Å². The normalized spacial score (nSPS) is 12.1. The van der Waals surface area contributed by atoms with Gasteiger partial charge in [-0.2, -0.15) is 0 Å². The highest BCUT2D eigenvalue weighted by Gasteiger charge is 2.22. The lowest BCUT2D eigenvalue weighted by Gasteiger charge is -2.20. The first-order valence-electron chi connectivity index (χ1n) is 8.45. The molecule has 140 valence electrons. The number of fused-ring (bicyclic) bond motifs is 1. The molecule has 7 heteroatoms. The number of hydrogen-bond acceptors (Lipinski definition) is 4. The summed E-state index contributed by atoms with van der Waals surface area (Å²) in [6.45, 7) is 5.31. The zero-order chi connectivity index (χ0) is 19.7. The molecule has 0 spiro atoms. The maximum absolute atomic E-state index is 12.7. The van der Waals surface area contributed by atoms with E-state index >= 15 is 0 Å². The Morgan fingerprint density at radius 1 is 1.00 bits per heavy atom. The number of amides is 1. The zero-order valence-electron chi connectivity index (χ0n) is 15.4. The molecule has 0 bridgehead atoms. The smallest absolute Gasteiger partial charge is 0.256 e. The fourth-order valence-electron chi connectivity index (χ4n) is 2.70. The van der Waals surface area contributed by atoms with Gasteiger partial charge in [0, 0.05) is 28.4 Å². The molecule has 1 amide bonds. The Kier molecular flexibility index (Phi) is 4.99. The number of nitrogens with one attached hydrogen (secondary N) is 2. The van der Waals surface area contributed by atoms with E-state index in [0.717, 1.165) is 10.9 Å². The van der Waals surface area contributed by atoms with E-state index in [1.54, 1.807) is 57.3 Å². The first-order valence-corrected chi connectivity index (χ1v) is 9.93. The molecule has 2 N–H and O–H groups in total. The fourth-order valence-corrected chi connectivity index (χ4v) is 4.17. The van der Waals surface area contributed by atoms with Gasteiger partial charge in [0.25, 0.3) is 5.91 Å². The molecule has 0 fully saturated rings. The Morgan fingerprint density at radius 2 is 1.74 bits per heavy atom. The SMILES string of the molecule is CC(C)(C)NS(=O)(=O)c1cccc(NC(=O)c2cccc3ncccc23)c1. The molecule has 3 rings (SSSR count). The topological polar surface area (TPSA) is 88.2 Å². The number of rotatable bonds is 4. The first kappa shape index (κ1) is 19.0. The highest BCUT2D eigenvalue weighted by molar-refractivity contribution is 7.89. The summed E-state index contributed by atoms with van der Waals surface area (Å²) in [5, 5.41) is 3.50. The first-order chi connectivity index (χ1) is 12.7. The fraction of sp³-hybridized carbons (Fsp3) is 0.200. The molecule has 0 aliphatic carbocycles. The number of aromatic nitrogens is 1. The highest BCUT2D eigenvalue weighted by atomic mass is 32.2. The summed E-state index contributed by atoms with van der Waals surface area (Å²) >= 11 is 0. The van der Waals surface area contributed by atoms with Gasteiger partial charge in [0.05, 0.1) is 10.4 Å². The van der Waals surface area contributed by atoms with Crippen LogP contribution in [0.4, 0.5) is 5.69 Å². The van der Waals surface area contributed by atoms with Crippen LogP contribution in [0.2, 0.25) is 0 Å². The van der Waals surface area contributed by atoms with Crippen LogP contribution in [-0.2, 0) is 10.0 Å². The van der Waals surface area contributed by atoms with Gasteiger partial charge in [-0.1, -0.05) is 18.2 Å². The minimum Gasteiger partial charge on any atom is -0.322 e. The number of carbonyl (C=O) groups is 1. The molecule has 6 nitrogen and oxygen atoms in total. The van der Waals surface area contributed by atoms with E-state index in [2.05, 4.69) is 15.0 Å². The van der Waals surface area contributed by atoms with Gasteiger partial charge < -0.3 is 5.32 Å². The van der Waals surface area contributed by atoms with Crippen molar-refractivity contribution in [3.63, 3.8) is 0 Å². The molecule has 1 heterocycles. The number of anilines is 1. The molecule has 1 aromatic heterocycles. The molecule has 0 atom stereocenters. The van der Waals surface area contributed by atoms with E-state index in [9.17, 15) is 13.2 Å². The number of carbonyl (C=O) groups excluding carboxylic acids is 1. The summed E-state index contributed by atoms with van der Waals surface area (Å²) in [5.74, 6) is -0.327. The Morgan fingerprint density at radius 3 is 2.48 bits per heavy atom. The van der Waals surface area contributed by atoms with Crippen LogP contribution in [0.15, 0.2) is 65.7 Å². The summed E-state index contributed by atoms with van der Waals surface area (Å²) in [6.07, 6.45) is 1.67. The van der Waals surface area contributed by atoms with Crippen LogP contribution in [0, 0.1) is 0 Å². The lowest BCUT2D eigenvalue weighted by molar-refractivity contribution is 0.102. The monoisotopic (exact) mass is 383 g/mol. The molecule has 3 aromatic rings. The van der Waals surface area contributed by atoms with Gasteiger partial charge in [-0.05, 0) is 57.2 Å². The van der Waals surface area contributed by atoms with Crippen LogP contribution in [0.25, 0.3) is 10.9 Å².